The predicted octanol–water partition coefficient (Wildman–Crippen LogP) is 3.91. The van der Waals surface area contributed by atoms with Crippen LogP contribution >= 0.6 is 15.9 Å². The number of hydrogen-bond acceptors (Lipinski definition) is 2. The molecule has 3 nitrogen and oxygen atoms in total. The Balaban J connectivity index is 1.92. The molecular weight excluding hydrogens is 325 g/mol. The fraction of sp³-hybridized carbons (Fsp3) is 0.133. The van der Waals surface area contributed by atoms with Crippen LogP contribution in [0.1, 0.15) is 5.56 Å². The molecule has 2 aromatic rings. The van der Waals surface area contributed by atoms with E-state index >= 15 is 0 Å². The fourth-order valence-corrected chi connectivity index (χ4v) is 1.87. The Hall–Kier alpha value is -1.88. The second-order valence-electron chi connectivity index (χ2n) is 4.25. The number of carbonyl (C=O) groups excluding carboxylic acids is 1. The number of carbonyl (C=O) groups is 1. The maximum Gasteiger partial charge on any atom is 0.262 e. The second-order valence-corrected chi connectivity index (χ2v) is 5.17. The van der Waals surface area contributed by atoms with Crippen LogP contribution in [0.2, 0.25) is 0 Å². The van der Waals surface area contributed by atoms with Gasteiger partial charge in [0.15, 0.2) is 6.61 Å². The van der Waals surface area contributed by atoms with E-state index in [0.717, 1.165) is 10.0 Å². The first kappa shape index (κ1) is 14.5. The van der Waals surface area contributed by atoms with E-state index in [1.165, 1.54) is 12.1 Å². The molecule has 0 radical (unpaired) electrons. The summed E-state index contributed by atoms with van der Waals surface area (Å²) in [5.41, 5.74) is 1.46. The molecule has 0 atom stereocenters. The number of benzene rings is 2. The molecule has 0 spiro atoms. The lowest BCUT2D eigenvalue weighted by atomic mass is 10.2. The molecule has 0 heterocycles. The number of rotatable bonds is 4. The molecule has 1 amide bonds. The van der Waals surface area contributed by atoms with Crippen LogP contribution in [-0.4, -0.2) is 12.5 Å². The van der Waals surface area contributed by atoms with Crippen molar-refractivity contribution in [1.29, 1.82) is 0 Å². The number of hydrogen-bond donors (Lipinski definition) is 1. The molecule has 20 heavy (non-hydrogen) atoms. The molecule has 0 bridgehead atoms. The summed E-state index contributed by atoms with van der Waals surface area (Å²) in [5.74, 6) is -0.314. The molecule has 0 aromatic heterocycles. The summed E-state index contributed by atoms with van der Waals surface area (Å²) < 4.78 is 19.3. The fourth-order valence-electron chi connectivity index (χ4n) is 1.60. The third kappa shape index (κ3) is 4.06. The van der Waals surface area contributed by atoms with E-state index in [2.05, 4.69) is 21.2 Å². The average molecular weight is 338 g/mol. The highest BCUT2D eigenvalue weighted by Gasteiger charge is 2.06. The number of halogens is 2. The van der Waals surface area contributed by atoms with E-state index in [1.807, 2.05) is 12.1 Å². The Kier molecular flexibility index (Phi) is 4.74. The van der Waals surface area contributed by atoms with Crippen LogP contribution < -0.4 is 10.1 Å². The molecule has 0 aliphatic rings. The molecule has 5 heteroatoms. The van der Waals surface area contributed by atoms with Gasteiger partial charge >= 0.3 is 0 Å². The summed E-state index contributed by atoms with van der Waals surface area (Å²) in [7, 11) is 0. The topological polar surface area (TPSA) is 38.3 Å². The van der Waals surface area contributed by atoms with Gasteiger partial charge in [0.2, 0.25) is 0 Å². The van der Waals surface area contributed by atoms with Crippen LogP contribution in [0, 0.1) is 12.7 Å². The Bertz CT molecular complexity index is 614. The maximum atomic E-state index is 13.1. The van der Waals surface area contributed by atoms with Gasteiger partial charge in [-0.3, -0.25) is 4.79 Å². The number of anilines is 1. The average Bonchev–Trinajstić information content (AvgIpc) is 2.42. The summed E-state index contributed by atoms with van der Waals surface area (Å²) in [6.45, 7) is 1.63. The molecule has 0 aliphatic carbocycles. The summed E-state index contributed by atoms with van der Waals surface area (Å²) in [6, 6.07) is 11.4. The highest BCUT2D eigenvalue weighted by Crippen LogP contribution is 2.19. The third-order valence-electron chi connectivity index (χ3n) is 2.64. The van der Waals surface area contributed by atoms with Crippen molar-refractivity contribution >= 4 is 27.5 Å². The van der Waals surface area contributed by atoms with E-state index in [0.29, 0.717) is 11.4 Å². The van der Waals surface area contributed by atoms with Gasteiger partial charge in [0.05, 0.1) is 0 Å². The standard InChI is InChI=1S/C15H13BrFNO2/c1-10-2-5-12(17)8-14(10)20-9-15(19)18-13-6-3-11(16)4-7-13/h2-8H,9H2,1H3,(H,18,19). The van der Waals surface area contributed by atoms with Crippen molar-refractivity contribution in [3.05, 3.63) is 58.3 Å². The summed E-state index contributed by atoms with van der Waals surface area (Å²) in [5, 5.41) is 2.69. The number of ether oxygens (including phenoxy) is 1. The van der Waals surface area contributed by atoms with Gasteiger partial charge in [-0.15, -0.1) is 0 Å². The first-order valence-corrected chi connectivity index (χ1v) is 6.78. The van der Waals surface area contributed by atoms with Gasteiger partial charge in [0.1, 0.15) is 11.6 Å². The van der Waals surface area contributed by atoms with Gasteiger partial charge in [-0.25, -0.2) is 4.39 Å². The maximum absolute atomic E-state index is 13.1. The van der Waals surface area contributed by atoms with Crippen molar-refractivity contribution in [2.75, 3.05) is 11.9 Å². The van der Waals surface area contributed by atoms with Gasteiger partial charge in [-0.2, -0.15) is 0 Å². The van der Waals surface area contributed by atoms with Crippen molar-refractivity contribution in [3.63, 3.8) is 0 Å². The van der Waals surface area contributed by atoms with Crippen molar-refractivity contribution in [3.8, 4) is 5.75 Å². The molecule has 104 valence electrons. The SMILES string of the molecule is Cc1ccc(F)cc1OCC(=O)Nc1ccc(Br)cc1. The molecule has 2 rings (SSSR count). The van der Waals surface area contributed by atoms with E-state index in [1.54, 1.807) is 25.1 Å². The van der Waals surface area contributed by atoms with Crippen molar-refractivity contribution in [1.82, 2.24) is 0 Å². The monoisotopic (exact) mass is 337 g/mol. The molecular formula is C15H13BrFNO2. The molecule has 1 N–H and O–H groups in total. The van der Waals surface area contributed by atoms with Crippen LogP contribution in [0.5, 0.6) is 5.75 Å². The van der Waals surface area contributed by atoms with E-state index in [-0.39, 0.29) is 18.3 Å². The van der Waals surface area contributed by atoms with Crippen molar-refractivity contribution < 1.29 is 13.9 Å². The number of amides is 1. The molecule has 0 fully saturated rings. The third-order valence-corrected chi connectivity index (χ3v) is 3.17. The molecule has 0 unspecified atom stereocenters. The van der Waals surface area contributed by atoms with Gasteiger partial charge in [0, 0.05) is 16.2 Å². The predicted molar refractivity (Wildman–Crippen MR) is 79.4 cm³/mol. The van der Waals surface area contributed by atoms with Crippen molar-refractivity contribution in [2.45, 2.75) is 6.92 Å². The normalized spacial score (nSPS) is 10.2. The lowest BCUT2D eigenvalue weighted by Gasteiger charge is -2.09. The highest BCUT2D eigenvalue weighted by atomic mass is 79.9. The Morgan fingerprint density at radius 2 is 1.95 bits per heavy atom. The lowest BCUT2D eigenvalue weighted by Crippen LogP contribution is -2.20. The van der Waals surface area contributed by atoms with Crippen LogP contribution in [0.15, 0.2) is 46.9 Å². The van der Waals surface area contributed by atoms with Crippen LogP contribution in [0.3, 0.4) is 0 Å². The van der Waals surface area contributed by atoms with Crippen LogP contribution in [0.4, 0.5) is 10.1 Å². The molecule has 0 saturated carbocycles. The van der Waals surface area contributed by atoms with Gasteiger partial charge < -0.3 is 10.1 Å². The molecule has 2 aromatic carbocycles. The lowest BCUT2D eigenvalue weighted by molar-refractivity contribution is -0.118. The van der Waals surface area contributed by atoms with Gasteiger partial charge in [0.25, 0.3) is 5.91 Å². The second kappa shape index (κ2) is 6.52. The first-order chi connectivity index (χ1) is 9.54. The smallest absolute Gasteiger partial charge is 0.262 e. The van der Waals surface area contributed by atoms with E-state index < -0.39 is 0 Å². The summed E-state index contributed by atoms with van der Waals surface area (Å²) in [4.78, 5) is 11.7. The Morgan fingerprint density at radius 3 is 2.65 bits per heavy atom. The van der Waals surface area contributed by atoms with Gasteiger partial charge in [-0.05, 0) is 42.8 Å². The quantitative estimate of drug-likeness (QED) is 0.918. The zero-order chi connectivity index (χ0) is 14.5. The minimum atomic E-state index is -0.390. The Morgan fingerprint density at radius 1 is 1.25 bits per heavy atom. The summed E-state index contributed by atoms with van der Waals surface area (Å²) in [6.07, 6.45) is 0. The van der Waals surface area contributed by atoms with E-state index in [4.69, 9.17) is 4.74 Å². The van der Waals surface area contributed by atoms with Crippen molar-refractivity contribution in [2.24, 2.45) is 0 Å². The summed E-state index contributed by atoms with van der Waals surface area (Å²) >= 11 is 3.31. The number of nitrogens with one attached hydrogen (secondary N) is 1. The van der Waals surface area contributed by atoms with Crippen LogP contribution in [0.25, 0.3) is 0 Å². The largest absolute Gasteiger partial charge is 0.483 e. The van der Waals surface area contributed by atoms with Crippen LogP contribution in [-0.2, 0) is 4.79 Å². The molecule has 0 aliphatic heterocycles. The zero-order valence-electron chi connectivity index (χ0n) is 10.8. The number of aryl methyl sites for hydroxylation is 1. The first-order valence-electron chi connectivity index (χ1n) is 5.99. The minimum Gasteiger partial charge on any atom is -0.483 e. The zero-order valence-corrected chi connectivity index (χ0v) is 12.4. The van der Waals surface area contributed by atoms with Gasteiger partial charge in [-0.1, -0.05) is 22.0 Å². The Labute approximate surface area is 124 Å². The highest BCUT2D eigenvalue weighted by molar-refractivity contribution is 9.10. The van der Waals surface area contributed by atoms with E-state index in [9.17, 15) is 9.18 Å². The molecule has 0 saturated heterocycles. The minimum absolute atomic E-state index is 0.166.